The molecule has 0 spiro atoms. The van der Waals surface area contributed by atoms with Crippen LogP contribution in [0.5, 0.6) is 5.75 Å². The number of benzene rings is 1. The SMILES string of the molecule is Cc1ccc(OCc2nccc3c(C)c(C)n(S(=O)(=O)CC4CC4)c23)cc1.Cl. The molecule has 2 aromatic heterocycles. The van der Waals surface area contributed by atoms with Gasteiger partial charge in [-0.1, -0.05) is 17.7 Å². The Morgan fingerprint density at radius 2 is 1.79 bits per heavy atom. The second-order valence-corrected chi connectivity index (χ2v) is 9.31. The molecule has 1 fully saturated rings. The van der Waals surface area contributed by atoms with Crippen LogP contribution in [0.1, 0.15) is 35.4 Å². The Morgan fingerprint density at radius 1 is 1.11 bits per heavy atom. The van der Waals surface area contributed by atoms with Gasteiger partial charge in [0.25, 0.3) is 0 Å². The maximum atomic E-state index is 13.1. The summed E-state index contributed by atoms with van der Waals surface area (Å²) in [7, 11) is -3.42. The second kappa shape index (κ2) is 7.76. The van der Waals surface area contributed by atoms with Crippen LogP contribution >= 0.6 is 12.4 Å². The van der Waals surface area contributed by atoms with Gasteiger partial charge in [0.2, 0.25) is 10.0 Å². The normalized spacial score (nSPS) is 14.1. The summed E-state index contributed by atoms with van der Waals surface area (Å²) in [6.45, 7) is 6.08. The van der Waals surface area contributed by atoms with Gasteiger partial charge in [-0.15, -0.1) is 12.4 Å². The van der Waals surface area contributed by atoms with Gasteiger partial charge in [0.15, 0.2) is 0 Å². The van der Waals surface area contributed by atoms with E-state index >= 15 is 0 Å². The van der Waals surface area contributed by atoms with E-state index in [4.69, 9.17) is 4.74 Å². The van der Waals surface area contributed by atoms with E-state index in [0.29, 0.717) is 11.2 Å². The van der Waals surface area contributed by atoms with Crippen molar-refractivity contribution in [3.8, 4) is 5.75 Å². The van der Waals surface area contributed by atoms with Gasteiger partial charge >= 0.3 is 0 Å². The fourth-order valence-corrected chi connectivity index (χ4v) is 5.55. The Bertz CT molecular complexity index is 1100. The largest absolute Gasteiger partial charge is 0.487 e. The smallest absolute Gasteiger partial charge is 0.239 e. The van der Waals surface area contributed by atoms with Crippen molar-refractivity contribution >= 4 is 33.3 Å². The number of aryl methyl sites for hydroxylation is 2. The first-order valence-electron chi connectivity index (χ1n) is 9.25. The van der Waals surface area contributed by atoms with Crippen LogP contribution in [-0.4, -0.2) is 23.1 Å². The Kier molecular flexibility index (Phi) is 5.73. The molecule has 1 aromatic carbocycles. The van der Waals surface area contributed by atoms with Crippen LogP contribution < -0.4 is 4.74 Å². The van der Waals surface area contributed by atoms with Crippen molar-refractivity contribution in [2.45, 2.75) is 40.2 Å². The minimum atomic E-state index is -3.42. The number of rotatable bonds is 6. The summed E-state index contributed by atoms with van der Waals surface area (Å²) in [5.74, 6) is 1.23. The van der Waals surface area contributed by atoms with Crippen molar-refractivity contribution in [2.24, 2.45) is 5.92 Å². The zero-order valence-corrected chi connectivity index (χ0v) is 17.9. The predicted molar refractivity (Wildman–Crippen MR) is 114 cm³/mol. The van der Waals surface area contributed by atoms with Crippen LogP contribution in [0.15, 0.2) is 36.5 Å². The number of pyridine rings is 1. The quantitative estimate of drug-likeness (QED) is 0.586. The lowest BCUT2D eigenvalue weighted by Gasteiger charge is -2.12. The Labute approximate surface area is 172 Å². The van der Waals surface area contributed by atoms with Crippen LogP contribution in [0.4, 0.5) is 0 Å². The second-order valence-electron chi connectivity index (χ2n) is 7.45. The molecule has 3 aromatic rings. The summed E-state index contributed by atoms with van der Waals surface area (Å²) < 4.78 is 33.6. The number of halogens is 1. The summed E-state index contributed by atoms with van der Waals surface area (Å²) in [5.41, 5.74) is 4.19. The molecule has 1 saturated carbocycles. The van der Waals surface area contributed by atoms with Gasteiger partial charge < -0.3 is 4.74 Å². The van der Waals surface area contributed by atoms with Crippen molar-refractivity contribution in [2.75, 3.05) is 5.75 Å². The summed E-state index contributed by atoms with van der Waals surface area (Å²) in [5, 5.41) is 0.921. The monoisotopic (exact) mass is 420 g/mol. The highest BCUT2D eigenvalue weighted by atomic mass is 35.5. The maximum Gasteiger partial charge on any atom is 0.239 e. The van der Waals surface area contributed by atoms with Gasteiger partial charge in [-0.05, 0) is 63.3 Å². The van der Waals surface area contributed by atoms with E-state index in [0.717, 1.165) is 40.8 Å². The maximum absolute atomic E-state index is 13.1. The minimum Gasteiger partial charge on any atom is -0.487 e. The Hall–Kier alpha value is -2.05. The molecule has 0 bridgehead atoms. The number of hydrogen-bond donors (Lipinski definition) is 0. The molecule has 0 aliphatic heterocycles. The van der Waals surface area contributed by atoms with Gasteiger partial charge in [-0.2, -0.15) is 0 Å². The van der Waals surface area contributed by atoms with Crippen LogP contribution in [0, 0.1) is 26.7 Å². The molecular formula is C21H25ClN2O3S. The molecule has 7 heteroatoms. The van der Waals surface area contributed by atoms with Gasteiger partial charge in [-0.3, -0.25) is 4.98 Å². The molecule has 150 valence electrons. The first-order chi connectivity index (χ1) is 12.9. The van der Waals surface area contributed by atoms with Gasteiger partial charge in [-0.25, -0.2) is 12.4 Å². The molecule has 1 aliphatic rings. The van der Waals surface area contributed by atoms with Gasteiger partial charge in [0.1, 0.15) is 18.1 Å². The zero-order valence-electron chi connectivity index (χ0n) is 16.3. The molecule has 0 radical (unpaired) electrons. The average molecular weight is 421 g/mol. The lowest BCUT2D eigenvalue weighted by Crippen LogP contribution is -2.20. The van der Waals surface area contributed by atoms with E-state index in [1.54, 1.807) is 6.20 Å². The lowest BCUT2D eigenvalue weighted by atomic mass is 10.2. The number of ether oxygens (including phenoxy) is 1. The molecule has 4 rings (SSSR count). The third-order valence-corrected chi connectivity index (χ3v) is 7.18. The van der Waals surface area contributed by atoms with Gasteiger partial charge in [0, 0.05) is 17.3 Å². The first-order valence-corrected chi connectivity index (χ1v) is 10.9. The van der Waals surface area contributed by atoms with E-state index in [1.807, 2.05) is 51.1 Å². The van der Waals surface area contributed by atoms with Crippen molar-refractivity contribution < 1.29 is 13.2 Å². The van der Waals surface area contributed by atoms with E-state index in [-0.39, 0.29) is 30.7 Å². The van der Waals surface area contributed by atoms with Crippen LogP contribution in [0.2, 0.25) is 0 Å². The summed E-state index contributed by atoms with van der Waals surface area (Å²) >= 11 is 0. The standard InChI is InChI=1S/C21H24N2O3S.ClH/c1-14-4-8-18(9-5-14)26-12-20-21-19(10-11-22-20)15(2)16(3)23(21)27(24,25)13-17-6-7-17;/h4-5,8-11,17H,6-7,12-13H2,1-3H3;1H. The van der Waals surface area contributed by atoms with Crippen LogP contribution in [0.3, 0.4) is 0 Å². The summed E-state index contributed by atoms with van der Waals surface area (Å²) in [6.07, 6.45) is 3.72. The topological polar surface area (TPSA) is 61.2 Å². The van der Waals surface area contributed by atoms with E-state index in [1.165, 1.54) is 3.97 Å². The van der Waals surface area contributed by atoms with Gasteiger partial charge in [0.05, 0.1) is 11.3 Å². The highest BCUT2D eigenvalue weighted by molar-refractivity contribution is 7.90. The molecular weight excluding hydrogens is 396 g/mol. The third kappa shape index (κ3) is 3.89. The van der Waals surface area contributed by atoms with E-state index in [2.05, 4.69) is 4.98 Å². The number of nitrogens with zero attached hydrogens (tertiary/aromatic N) is 2. The number of aromatic nitrogens is 2. The van der Waals surface area contributed by atoms with Crippen LogP contribution in [-0.2, 0) is 16.6 Å². The first kappa shape index (κ1) is 20.7. The molecule has 0 amide bonds. The van der Waals surface area contributed by atoms with Crippen molar-refractivity contribution in [1.82, 2.24) is 8.96 Å². The molecule has 0 saturated heterocycles. The Morgan fingerprint density at radius 3 is 2.43 bits per heavy atom. The Balaban J connectivity index is 0.00000225. The zero-order chi connectivity index (χ0) is 19.2. The number of hydrogen-bond acceptors (Lipinski definition) is 4. The summed E-state index contributed by atoms with van der Waals surface area (Å²) in [4.78, 5) is 4.45. The fourth-order valence-electron chi connectivity index (χ4n) is 3.44. The minimum absolute atomic E-state index is 0. The molecule has 0 atom stereocenters. The highest BCUT2D eigenvalue weighted by Gasteiger charge is 2.32. The van der Waals surface area contributed by atoms with Crippen molar-refractivity contribution in [3.63, 3.8) is 0 Å². The molecule has 1 aliphatic carbocycles. The molecule has 28 heavy (non-hydrogen) atoms. The van der Waals surface area contributed by atoms with E-state index < -0.39 is 10.0 Å². The fraction of sp³-hybridized carbons (Fsp3) is 0.381. The molecule has 2 heterocycles. The molecule has 0 N–H and O–H groups in total. The van der Waals surface area contributed by atoms with Crippen molar-refractivity contribution in [1.29, 1.82) is 0 Å². The third-order valence-electron chi connectivity index (χ3n) is 5.27. The molecule has 0 unspecified atom stereocenters. The molecule has 5 nitrogen and oxygen atoms in total. The number of fused-ring (bicyclic) bond motifs is 1. The van der Waals surface area contributed by atoms with Crippen molar-refractivity contribution in [3.05, 3.63) is 59.0 Å². The highest BCUT2D eigenvalue weighted by Crippen LogP contribution is 2.34. The average Bonchev–Trinajstić information content (AvgIpc) is 3.39. The predicted octanol–water partition coefficient (Wildman–Crippen LogP) is 4.55. The van der Waals surface area contributed by atoms with Crippen LogP contribution in [0.25, 0.3) is 10.9 Å². The lowest BCUT2D eigenvalue weighted by molar-refractivity contribution is 0.302. The van der Waals surface area contributed by atoms with E-state index in [9.17, 15) is 8.42 Å². The summed E-state index contributed by atoms with van der Waals surface area (Å²) in [6, 6.07) is 9.68.